The Morgan fingerprint density at radius 1 is 1.41 bits per heavy atom. The molecule has 2 nitrogen and oxygen atoms in total. The normalized spacial score (nSPS) is 19.6. The van der Waals surface area contributed by atoms with Crippen molar-refractivity contribution in [3.8, 4) is 0 Å². The molecule has 0 spiro atoms. The van der Waals surface area contributed by atoms with Crippen molar-refractivity contribution >= 4 is 54.5 Å². The summed E-state index contributed by atoms with van der Waals surface area (Å²) in [5.41, 5.74) is 1.05. The van der Waals surface area contributed by atoms with Gasteiger partial charge in [0.25, 0.3) is 0 Å². The largest absolute Gasteiger partial charge is 0.334 e. The molecule has 0 fully saturated rings. The van der Waals surface area contributed by atoms with Crippen molar-refractivity contribution in [1.82, 2.24) is 0 Å². The average Bonchev–Trinajstić information content (AvgIpc) is 2.72. The maximum atomic E-state index is 4.69. The number of rotatable bonds is 2. The van der Waals surface area contributed by atoms with E-state index in [2.05, 4.69) is 62.1 Å². The maximum Gasteiger partial charge on any atom is 0.161 e. The fourth-order valence-electron chi connectivity index (χ4n) is 1.51. The lowest BCUT2D eigenvalue weighted by molar-refractivity contribution is 0.543. The number of aliphatic imine (C=N–C) groups is 1. The number of nitrogens with zero attached hydrogens (tertiary/aromatic N) is 1. The summed E-state index contributed by atoms with van der Waals surface area (Å²) >= 11 is 8.80. The van der Waals surface area contributed by atoms with Crippen molar-refractivity contribution in [2.45, 2.75) is 19.9 Å². The molecule has 1 aliphatic heterocycles. The third kappa shape index (κ3) is 3.48. The zero-order valence-electron chi connectivity index (χ0n) is 9.71. The first-order valence-corrected chi connectivity index (χ1v) is 8.06. The standard InChI is InChI=1S/C12H14Br2N2S/c1-7(2)11-6-17-12(16-11)15-10-5-8(13)3-4-9(10)14/h3-5,7,11H,6H2,1-2H3,(H,15,16)/t11-/m1/s1. The van der Waals surface area contributed by atoms with Crippen molar-refractivity contribution in [3.05, 3.63) is 27.1 Å². The van der Waals surface area contributed by atoms with E-state index in [9.17, 15) is 0 Å². The number of hydrogen-bond donors (Lipinski definition) is 1. The molecule has 1 aliphatic rings. The monoisotopic (exact) mass is 376 g/mol. The van der Waals surface area contributed by atoms with Gasteiger partial charge in [-0.05, 0) is 40.0 Å². The number of hydrogen-bond acceptors (Lipinski definition) is 3. The van der Waals surface area contributed by atoms with Gasteiger partial charge in [0.2, 0.25) is 0 Å². The molecule has 1 aromatic rings. The number of thioether (sulfide) groups is 1. The molecule has 1 heterocycles. The Bertz CT molecular complexity index is 446. The maximum absolute atomic E-state index is 4.69. The second kappa shape index (κ2) is 5.76. The molecule has 0 bridgehead atoms. The summed E-state index contributed by atoms with van der Waals surface area (Å²) in [6, 6.07) is 6.52. The van der Waals surface area contributed by atoms with Gasteiger partial charge in [-0.15, -0.1) is 0 Å². The van der Waals surface area contributed by atoms with Gasteiger partial charge >= 0.3 is 0 Å². The van der Waals surface area contributed by atoms with Crippen LogP contribution in [0.15, 0.2) is 32.1 Å². The van der Waals surface area contributed by atoms with Crippen LogP contribution in [0.5, 0.6) is 0 Å². The predicted molar refractivity (Wildman–Crippen MR) is 84.0 cm³/mol. The van der Waals surface area contributed by atoms with E-state index in [4.69, 9.17) is 0 Å². The summed E-state index contributed by atoms with van der Waals surface area (Å²) in [7, 11) is 0. The first kappa shape index (κ1) is 13.4. The molecular weight excluding hydrogens is 364 g/mol. The molecule has 1 atom stereocenters. The first-order valence-electron chi connectivity index (χ1n) is 5.49. The van der Waals surface area contributed by atoms with Crippen LogP contribution in [0.3, 0.4) is 0 Å². The van der Waals surface area contributed by atoms with Crippen LogP contribution in [0.1, 0.15) is 13.8 Å². The lowest BCUT2D eigenvalue weighted by Crippen LogP contribution is -2.12. The highest BCUT2D eigenvalue weighted by Gasteiger charge is 2.21. The summed E-state index contributed by atoms with van der Waals surface area (Å²) in [5, 5.41) is 4.39. The highest BCUT2D eigenvalue weighted by molar-refractivity contribution is 9.11. The Morgan fingerprint density at radius 3 is 2.82 bits per heavy atom. The van der Waals surface area contributed by atoms with Crippen molar-refractivity contribution in [1.29, 1.82) is 0 Å². The number of halogens is 2. The molecule has 0 saturated carbocycles. The van der Waals surface area contributed by atoms with E-state index >= 15 is 0 Å². The van der Waals surface area contributed by atoms with Gasteiger partial charge in [-0.2, -0.15) is 0 Å². The fourth-order valence-corrected chi connectivity index (χ4v) is 3.39. The van der Waals surface area contributed by atoms with E-state index in [-0.39, 0.29) is 0 Å². The van der Waals surface area contributed by atoms with E-state index in [1.807, 2.05) is 12.1 Å². The lowest BCUT2D eigenvalue weighted by Gasteiger charge is -2.09. The van der Waals surface area contributed by atoms with E-state index in [0.717, 1.165) is 25.6 Å². The predicted octanol–water partition coefficient (Wildman–Crippen LogP) is 4.75. The molecule has 1 N–H and O–H groups in total. The Hall–Kier alpha value is -0.000000000000000111. The van der Waals surface area contributed by atoms with Gasteiger partial charge in [0.05, 0.1) is 11.7 Å². The minimum atomic E-state index is 0.438. The van der Waals surface area contributed by atoms with Crippen LogP contribution >= 0.6 is 43.6 Å². The summed E-state index contributed by atoms with van der Waals surface area (Å²) < 4.78 is 2.12. The quantitative estimate of drug-likeness (QED) is 0.803. The minimum absolute atomic E-state index is 0.438. The molecule has 0 aliphatic carbocycles. The molecule has 0 aromatic heterocycles. The average molecular weight is 378 g/mol. The third-order valence-corrected chi connectivity index (χ3v) is 4.79. The van der Waals surface area contributed by atoms with Gasteiger partial charge in [-0.1, -0.05) is 41.5 Å². The van der Waals surface area contributed by atoms with Gasteiger partial charge in [-0.3, -0.25) is 4.99 Å². The number of nitrogens with one attached hydrogen (secondary N) is 1. The van der Waals surface area contributed by atoms with Gasteiger partial charge in [0, 0.05) is 14.7 Å². The smallest absolute Gasteiger partial charge is 0.161 e. The molecule has 2 rings (SSSR count). The van der Waals surface area contributed by atoms with Crippen LogP contribution in [0.4, 0.5) is 5.69 Å². The topological polar surface area (TPSA) is 24.4 Å². The molecule has 0 radical (unpaired) electrons. The van der Waals surface area contributed by atoms with E-state index in [1.165, 1.54) is 0 Å². The molecule has 1 aromatic carbocycles. The zero-order valence-corrected chi connectivity index (χ0v) is 13.7. The van der Waals surface area contributed by atoms with Crippen LogP contribution in [-0.4, -0.2) is 17.0 Å². The summed E-state index contributed by atoms with van der Waals surface area (Å²) in [6.45, 7) is 4.43. The molecule has 17 heavy (non-hydrogen) atoms. The van der Waals surface area contributed by atoms with Gasteiger partial charge in [-0.25, -0.2) is 0 Å². The minimum Gasteiger partial charge on any atom is -0.334 e. The second-order valence-electron chi connectivity index (χ2n) is 4.31. The molecular formula is C12H14Br2N2S. The van der Waals surface area contributed by atoms with Crippen molar-refractivity contribution in [2.24, 2.45) is 10.9 Å². The summed E-state index contributed by atoms with van der Waals surface area (Å²) in [5.74, 6) is 1.68. The van der Waals surface area contributed by atoms with Crippen LogP contribution in [0.2, 0.25) is 0 Å². The van der Waals surface area contributed by atoms with E-state index < -0.39 is 0 Å². The Labute approximate surface area is 123 Å². The first-order chi connectivity index (χ1) is 8.06. The highest BCUT2D eigenvalue weighted by Crippen LogP contribution is 2.29. The van der Waals surface area contributed by atoms with Gasteiger partial charge in [0.15, 0.2) is 5.17 Å². The summed E-state index contributed by atoms with van der Waals surface area (Å²) in [4.78, 5) is 4.69. The summed E-state index contributed by atoms with van der Waals surface area (Å²) in [6.07, 6.45) is 0. The molecule has 92 valence electrons. The van der Waals surface area contributed by atoms with E-state index in [0.29, 0.717) is 12.0 Å². The van der Waals surface area contributed by atoms with Gasteiger partial charge < -0.3 is 5.32 Å². The van der Waals surface area contributed by atoms with Crippen molar-refractivity contribution < 1.29 is 0 Å². The Morgan fingerprint density at radius 2 is 2.18 bits per heavy atom. The fraction of sp³-hybridized carbons (Fsp3) is 0.417. The molecule has 0 saturated heterocycles. The van der Waals surface area contributed by atoms with Crippen molar-refractivity contribution in [2.75, 3.05) is 11.1 Å². The Kier molecular flexibility index (Phi) is 4.55. The zero-order chi connectivity index (χ0) is 12.4. The van der Waals surface area contributed by atoms with Crippen LogP contribution in [0.25, 0.3) is 0 Å². The number of benzene rings is 1. The number of anilines is 1. The van der Waals surface area contributed by atoms with Crippen LogP contribution in [-0.2, 0) is 0 Å². The third-order valence-electron chi connectivity index (χ3n) is 2.61. The SMILES string of the molecule is CC(C)[C@H]1CSC(Nc2cc(Br)ccc2Br)=N1. The highest BCUT2D eigenvalue weighted by atomic mass is 79.9. The second-order valence-corrected chi connectivity index (χ2v) is 7.08. The molecule has 5 heteroatoms. The Balaban J connectivity index is 2.11. The van der Waals surface area contributed by atoms with Crippen LogP contribution < -0.4 is 5.32 Å². The molecule has 0 unspecified atom stereocenters. The van der Waals surface area contributed by atoms with Crippen LogP contribution in [0, 0.1) is 5.92 Å². The molecule has 0 amide bonds. The number of amidine groups is 1. The van der Waals surface area contributed by atoms with Gasteiger partial charge in [0.1, 0.15) is 0 Å². The lowest BCUT2D eigenvalue weighted by atomic mass is 10.1. The van der Waals surface area contributed by atoms with E-state index in [1.54, 1.807) is 11.8 Å². The van der Waals surface area contributed by atoms with Crippen molar-refractivity contribution in [3.63, 3.8) is 0 Å².